The summed E-state index contributed by atoms with van der Waals surface area (Å²) in [6, 6.07) is 3.94. The molecule has 3 atom stereocenters. The second-order valence-corrected chi connectivity index (χ2v) is 13.4. The van der Waals surface area contributed by atoms with E-state index in [9.17, 15) is 48.8 Å². The number of benzene rings is 1. The molecule has 19 nitrogen and oxygen atoms in total. The molecule has 0 radical (unpaired) electrons. The lowest BCUT2D eigenvalue weighted by atomic mass is 10.0. The second kappa shape index (κ2) is 21.2. The zero-order valence-electron chi connectivity index (χ0n) is 27.6. The monoisotopic (exact) mass is 763 g/mol. The summed E-state index contributed by atoms with van der Waals surface area (Å²) in [7, 11) is 2.67. The predicted octanol–water partition coefficient (Wildman–Crippen LogP) is 0.461. The molecule has 21 heteroatoms. The first-order valence-electron chi connectivity index (χ1n) is 15.8. The minimum atomic E-state index is -1.73. The Morgan fingerprint density at radius 2 is 1.83 bits per heavy atom. The van der Waals surface area contributed by atoms with Gasteiger partial charge in [-0.05, 0) is 54.8 Å². The number of fused-ring (bicyclic) bond motifs is 1. The Morgan fingerprint density at radius 1 is 1.06 bits per heavy atom. The van der Waals surface area contributed by atoms with Crippen molar-refractivity contribution in [1.82, 2.24) is 26.3 Å². The molecule has 4 amide bonds. The lowest BCUT2D eigenvalue weighted by molar-refractivity contribution is -0.384. The average Bonchev–Trinajstić information content (AvgIpc) is 3.11. The van der Waals surface area contributed by atoms with Crippen molar-refractivity contribution in [1.29, 1.82) is 0 Å². The Hall–Kier alpha value is -5.28. The van der Waals surface area contributed by atoms with Gasteiger partial charge in [-0.15, -0.1) is 0 Å². The van der Waals surface area contributed by atoms with Crippen LogP contribution in [0.25, 0.3) is 0 Å². The Morgan fingerprint density at radius 3 is 2.52 bits per heavy atom. The molecule has 280 valence electrons. The molecule has 2 heterocycles. The van der Waals surface area contributed by atoms with Gasteiger partial charge >= 0.3 is 17.9 Å². The Balaban J connectivity index is 1.75. The smallest absolute Gasteiger partial charge is 0.333 e. The third-order valence-corrected chi connectivity index (χ3v) is 9.37. The number of aliphatic carboxylic acids is 1. The molecule has 0 fully saturated rings. The molecular weight excluding hydrogens is 727 g/mol. The Kier molecular flexibility index (Phi) is 16.7. The van der Waals surface area contributed by atoms with Crippen LogP contribution in [0, 0.1) is 10.1 Å². The summed E-state index contributed by atoms with van der Waals surface area (Å²) in [5.74, 6) is -7.15. The molecule has 1 aliphatic rings. The molecule has 1 aliphatic heterocycles. The molecule has 0 unspecified atom stereocenters. The molecule has 1 aromatic heterocycles. The zero-order chi connectivity index (χ0) is 38.0. The molecule has 2 aromatic rings. The number of nitro groups is 1. The van der Waals surface area contributed by atoms with Crippen molar-refractivity contribution in [3.63, 3.8) is 0 Å². The lowest BCUT2D eigenvalue weighted by Gasteiger charge is -2.26. The van der Waals surface area contributed by atoms with E-state index < -0.39 is 88.8 Å². The minimum Gasteiger partial charge on any atom is -0.493 e. The van der Waals surface area contributed by atoms with Crippen LogP contribution in [0.4, 0.5) is 5.69 Å². The summed E-state index contributed by atoms with van der Waals surface area (Å²) < 4.78 is 10.4. The number of carbonyl (C=O) groups is 7. The first kappa shape index (κ1) is 41.1. The fourth-order valence-corrected chi connectivity index (χ4v) is 6.39. The van der Waals surface area contributed by atoms with E-state index in [0.717, 1.165) is 23.2 Å². The molecule has 1 aromatic carbocycles. The number of hydrogen-bond donors (Lipinski definition) is 6. The summed E-state index contributed by atoms with van der Waals surface area (Å²) in [4.78, 5) is 104. The van der Waals surface area contributed by atoms with Gasteiger partial charge in [-0.1, -0.05) is 16.9 Å². The molecule has 52 heavy (non-hydrogen) atoms. The third kappa shape index (κ3) is 13.8. The summed E-state index contributed by atoms with van der Waals surface area (Å²) in [6.07, 6.45) is 1.14. The molecule has 0 bridgehead atoms. The number of nitro benzene ring substituents is 1. The van der Waals surface area contributed by atoms with Gasteiger partial charge in [-0.2, -0.15) is 0 Å². The highest BCUT2D eigenvalue weighted by Gasteiger charge is 2.32. The molecule has 7 N–H and O–H groups in total. The number of nitrogens with zero attached hydrogens (tertiary/aromatic N) is 2. The van der Waals surface area contributed by atoms with Crippen molar-refractivity contribution >= 4 is 68.8 Å². The van der Waals surface area contributed by atoms with E-state index in [1.54, 1.807) is 18.3 Å². The highest BCUT2D eigenvalue weighted by atomic mass is 33.1. The normalized spacial score (nSPS) is 17.9. The maximum Gasteiger partial charge on any atom is 0.333 e. The summed E-state index contributed by atoms with van der Waals surface area (Å²) in [5, 5.41) is 31.0. The van der Waals surface area contributed by atoms with Gasteiger partial charge in [0, 0.05) is 30.5 Å². The molecule has 3 rings (SSSR count). The van der Waals surface area contributed by atoms with Gasteiger partial charge in [0.2, 0.25) is 17.7 Å². The van der Waals surface area contributed by atoms with E-state index in [2.05, 4.69) is 26.3 Å². The van der Waals surface area contributed by atoms with E-state index in [0.29, 0.717) is 18.6 Å². The Labute approximate surface area is 304 Å². The van der Waals surface area contributed by atoms with Crippen molar-refractivity contribution in [3.05, 3.63) is 58.3 Å². The number of amides is 4. The lowest BCUT2D eigenvalue weighted by Crippen LogP contribution is -2.57. The topological polar surface area (TPSA) is 288 Å². The number of carboxylic acids is 1. The predicted molar refractivity (Wildman–Crippen MR) is 185 cm³/mol. The number of pyridine rings is 1. The van der Waals surface area contributed by atoms with Crippen LogP contribution in [0.1, 0.15) is 48.9 Å². The van der Waals surface area contributed by atoms with Crippen LogP contribution in [-0.2, 0) is 33.5 Å². The largest absolute Gasteiger partial charge is 0.493 e. The maximum absolute atomic E-state index is 13.4. The van der Waals surface area contributed by atoms with E-state index in [1.807, 2.05) is 6.07 Å². The van der Waals surface area contributed by atoms with Gasteiger partial charge in [-0.3, -0.25) is 38.9 Å². The van der Waals surface area contributed by atoms with Crippen LogP contribution in [0.15, 0.2) is 47.6 Å². The van der Waals surface area contributed by atoms with Gasteiger partial charge < -0.3 is 41.6 Å². The van der Waals surface area contributed by atoms with Crippen molar-refractivity contribution in [2.75, 3.05) is 25.4 Å². The fourth-order valence-electron chi connectivity index (χ4n) is 4.54. The average molecular weight is 764 g/mol. The van der Waals surface area contributed by atoms with E-state index in [4.69, 9.17) is 15.2 Å². The van der Waals surface area contributed by atoms with Crippen molar-refractivity contribution in [2.45, 2.75) is 61.7 Å². The summed E-state index contributed by atoms with van der Waals surface area (Å²) in [6.45, 7) is -0.834. The van der Waals surface area contributed by atoms with Crippen LogP contribution in [0.5, 0.6) is 5.75 Å². The van der Waals surface area contributed by atoms with E-state index >= 15 is 0 Å². The number of non-ortho nitro benzene ring substituents is 1. The van der Waals surface area contributed by atoms with Gasteiger partial charge in [0.05, 0.1) is 29.9 Å². The van der Waals surface area contributed by atoms with Crippen LogP contribution in [-0.4, -0.2) is 100 Å². The summed E-state index contributed by atoms with van der Waals surface area (Å²) in [5.41, 5.74) is 4.66. The number of nitrogens with one attached hydrogen (secondary N) is 4. The van der Waals surface area contributed by atoms with E-state index in [1.165, 1.54) is 21.6 Å². The zero-order valence-corrected chi connectivity index (χ0v) is 29.2. The van der Waals surface area contributed by atoms with Crippen molar-refractivity contribution in [2.24, 2.45) is 5.73 Å². The number of nitrogens with two attached hydrogens (primary N) is 1. The standard InChI is InChI=1S/C31H37N7O12S2/c32-11-3-1-5-20-30(45)36-21(29(44)34-17-27(42)50-26(41)10-14-51-52-24-6-2-4-12-33-24)9-13-49-23-8-7-18(38(47)48)15-19(23)28(43)37-22(16-25(39)40)31(46)35-20/h2,4,6-8,12,15,20-22H,1,3,5,9-11,13-14,16-17,32H2,(H,34,44)(H,35,46)(H,36,45)(H,37,43)(H,39,40)/t20-,21-,22-/m0/s1. The summed E-state index contributed by atoms with van der Waals surface area (Å²) >= 11 is 0. The SMILES string of the molecule is NCCCC[C@@H]1NC(=O)[C@H](CC(=O)O)NC(=O)c2cc([N+](=O)[O-])ccc2OCC[C@@H](C(=O)NCC(=O)OC(=O)CCSSc2ccccn2)NC1=O. The van der Waals surface area contributed by atoms with Crippen LogP contribution < -0.4 is 31.7 Å². The molecule has 0 saturated carbocycles. The number of rotatable bonds is 15. The quantitative estimate of drug-likeness (QED) is 0.0359. The van der Waals surface area contributed by atoms with Gasteiger partial charge in [-0.25, -0.2) is 9.78 Å². The highest BCUT2D eigenvalue weighted by Crippen LogP contribution is 2.29. The molecular formula is C31H37N7O12S2. The number of ether oxygens (including phenoxy) is 2. The highest BCUT2D eigenvalue weighted by molar-refractivity contribution is 8.76. The minimum absolute atomic E-state index is 0.00939. The van der Waals surface area contributed by atoms with Crippen LogP contribution in [0.3, 0.4) is 0 Å². The number of carbonyl (C=O) groups excluding carboxylic acids is 6. The maximum atomic E-state index is 13.4. The molecule has 0 spiro atoms. The number of unbranched alkanes of at least 4 members (excludes halogenated alkanes) is 1. The molecule has 0 aliphatic carbocycles. The number of carboxylic acid groups (broad SMARTS) is 1. The van der Waals surface area contributed by atoms with Crippen LogP contribution >= 0.6 is 21.6 Å². The number of aromatic nitrogens is 1. The third-order valence-electron chi connectivity index (χ3n) is 7.10. The first-order valence-corrected chi connectivity index (χ1v) is 18.2. The first-order chi connectivity index (χ1) is 24.9. The fraction of sp³-hybridized carbons (Fsp3) is 0.419. The number of esters is 2. The Bertz CT molecular complexity index is 1630. The van der Waals surface area contributed by atoms with Gasteiger partial charge in [0.15, 0.2) is 0 Å². The molecule has 0 saturated heterocycles. The van der Waals surface area contributed by atoms with Crippen molar-refractivity contribution < 1.29 is 53.1 Å². The van der Waals surface area contributed by atoms with Crippen LogP contribution in [0.2, 0.25) is 0 Å². The van der Waals surface area contributed by atoms with Crippen molar-refractivity contribution in [3.8, 4) is 5.75 Å². The number of hydrogen-bond acceptors (Lipinski definition) is 15. The van der Waals surface area contributed by atoms with Gasteiger partial charge in [0.25, 0.3) is 11.6 Å². The second-order valence-electron chi connectivity index (χ2n) is 11.0. The van der Waals surface area contributed by atoms with Gasteiger partial charge in [0.1, 0.15) is 35.4 Å². The van der Waals surface area contributed by atoms with E-state index in [-0.39, 0.29) is 38.2 Å².